The Bertz CT molecular complexity index is 564. The van der Waals surface area contributed by atoms with Gasteiger partial charge in [0, 0.05) is 22.5 Å². The van der Waals surface area contributed by atoms with Crippen LogP contribution in [0.4, 0.5) is 0 Å². The van der Waals surface area contributed by atoms with Crippen LogP contribution in [0.5, 0.6) is 0 Å². The van der Waals surface area contributed by atoms with E-state index in [1.165, 1.54) is 6.07 Å². The van der Waals surface area contributed by atoms with Crippen molar-refractivity contribution in [3.05, 3.63) is 38.0 Å². The van der Waals surface area contributed by atoms with E-state index in [2.05, 4.69) is 31.2 Å². The van der Waals surface area contributed by atoms with Crippen molar-refractivity contribution >= 4 is 27.3 Å². The third-order valence-electron chi connectivity index (χ3n) is 2.15. The fraction of sp³-hybridized carbons (Fsp3) is 0.273. The first-order valence-electron chi connectivity index (χ1n) is 5.24. The molecule has 0 amide bonds. The van der Waals surface area contributed by atoms with Crippen molar-refractivity contribution < 1.29 is 0 Å². The molecule has 6 heteroatoms. The Balaban J connectivity index is 2.34. The first-order valence-corrected chi connectivity index (χ1v) is 6.91. The van der Waals surface area contributed by atoms with Crippen molar-refractivity contribution in [3.8, 4) is 10.7 Å². The second-order valence-electron chi connectivity index (χ2n) is 3.49. The molecule has 0 aliphatic carbocycles. The van der Waals surface area contributed by atoms with E-state index >= 15 is 0 Å². The third kappa shape index (κ3) is 3.24. The lowest BCUT2D eigenvalue weighted by Crippen LogP contribution is -2.17. The fourth-order valence-corrected chi connectivity index (χ4v) is 2.78. The number of hydrogen-bond donors (Lipinski definition) is 2. The van der Waals surface area contributed by atoms with Crippen molar-refractivity contribution in [1.82, 2.24) is 15.3 Å². The van der Waals surface area contributed by atoms with Crippen LogP contribution in [0.25, 0.3) is 10.7 Å². The van der Waals surface area contributed by atoms with Crippen LogP contribution in [0.1, 0.15) is 12.6 Å². The number of nitrogens with one attached hydrogen (secondary N) is 2. The van der Waals surface area contributed by atoms with Gasteiger partial charge in [-0.05, 0) is 28.5 Å². The first-order chi connectivity index (χ1) is 8.19. The maximum absolute atomic E-state index is 11.5. The van der Waals surface area contributed by atoms with Crippen molar-refractivity contribution in [2.24, 2.45) is 0 Å². The molecule has 0 saturated heterocycles. The number of thiophene rings is 1. The quantitative estimate of drug-likeness (QED) is 0.911. The number of aromatic nitrogens is 2. The monoisotopic (exact) mass is 313 g/mol. The SMILES string of the molecule is CCNCc1cc(=O)[nH]c(-c2cc(Br)cs2)n1. The molecule has 0 bridgehead atoms. The lowest BCUT2D eigenvalue weighted by atomic mass is 10.3. The van der Waals surface area contributed by atoms with E-state index in [1.54, 1.807) is 11.3 Å². The molecule has 2 aromatic heterocycles. The van der Waals surface area contributed by atoms with Crippen LogP contribution in [0.15, 0.2) is 26.8 Å². The molecule has 0 aliphatic rings. The molecule has 0 spiro atoms. The molecule has 0 atom stereocenters. The Labute approximate surface area is 111 Å². The Morgan fingerprint density at radius 3 is 3.00 bits per heavy atom. The van der Waals surface area contributed by atoms with E-state index in [0.29, 0.717) is 12.4 Å². The smallest absolute Gasteiger partial charge is 0.251 e. The predicted molar refractivity (Wildman–Crippen MR) is 73.3 cm³/mol. The number of aromatic amines is 1. The molecule has 2 aromatic rings. The lowest BCUT2D eigenvalue weighted by molar-refractivity contribution is 0.708. The van der Waals surface area contributed by atoms with Crippen molar-refractivity contribution in [2.45, 2.75) is 13.5 Å². The van der Waals surface area contributed by atoms with E-state index < -0.39 is 0 Å². The molecular weight excluding hydrogens is 302 g/mol. The van der Waals surface area contributed by atoms with Gasteiger partial charge in [0.15, 0.2) is 5.82 Å². The maximum Gasteiger partial charge on any atom is 0.251 e. The van der Waals surface area contributed by atoms with Gasteiger partial charge in [-0.3, -0.25) is 4.79 Å². The van der Waals surface area contributed by atoms with E-state index in [9.17, 15) is 4.79 Å². The maximum atomic E-state index is 11.5. The second kappa shape index (κ2) is 5.57. The van der Waals surface area contributed by atoms with Gasteiger partial charge in [-0.2, -0.15) is 0 Å². The Kier molecular flexibility index (Phi) is 4.09. The highest BCUT2D eigenvalue weighted by Gasteiger charge is 2.06. The summed E-state index contributed by atoms with van der Waals surface area (Å²) >= 11 is 4.93. The number of rotatable bonds is 4. The number of halogens is 1. The van der Waals surface area contributed by atoms with Gasteiger partial charge in [0.05, 0.1) is 10.6 Å². The molecule has 17 heavy (non-hydrogen) atoms. The summed E-state index contributed by atoms with van der Waals surface area (Å²) in [6.07, 6.45) is 0. The minimum absolute atomic E-state index is 0.118. The van der Waals surface area contributed by atoms with E-state index in [1.807, 2.05) is 18.4 Å². The summed E-state index contributed by atoms with van der Waals surface area (Å²) in [4.78, 5) is 19.7. The van der Waals surface area contributed by atoms with Gasteiger partial charge in [0.25, 0.3) is 5.56 Å². The molecule has 0 aliphatic heterocycles. The van der Waals surface area contributed by atoms with Crippen LogP contribution in [0.3, 0.4) is 0 Å². The third-order valence-corrected chi connectivity index (χ3v) is 3.85. The molecule has 0 fully saturated rings. The number of H-pyrrole nitrogens is 1. The molecular formula is C11H12BrN3OS. The minimum atomic E-state index is -0.118. The number of nitrogens with zero attached hydrogens (tertiary/aromatic N) is 1. The van der Waals surface area contributed by atoms with Gasteiger partial charge >= 0.3 is 0 Å². The van der Waals surface area contributed by atoms with Crippen molar-refractivity contribution in [1.29, 1.82) is 0 Å². The lowest BCUT2D eigenvalue weighted by Gasteiger charge is -2.03. The molecule has 2 N–H and O–H groups in total. The largest absolute Gasteiger partial charge is 0.311 e. The average Bonchev–Trinajstić information content (AvgIpc) is 2.72. The van der Waals surface area contributed by atoms with Crippen LogP contribution in [0.2, 0.25) is 0 Å². The summed E-state index contributed by atoms with van der Waals surface area (Å²) in [6, 6.07) is 3.47. The number of hydrogen-bond acceptors (Lipinski definition) is 4. The van der Waals surface area contributed by atoms with Crippen LogP contribution >= 0.6 is 27.3 Å². The second-order valence-corrected chi connectivity index (χ2v) is 5.32. The Morgan fingerprint density at radius 1 is 1.53 bits per heavy atom. The highest BCUT2D eigenvalue weighted by molar-refractivity contribution is 9.10. The summed E-state index contributed by atoms with van der Waals surface area (Å²) in [5.74, 6) is 0.626. The zero-order valence-corrected chi connectivity index (χ0v) is 11.7. The average molecular weight is 314 g/mol. The van der Waals surface area contributed by atoms with E-state index in [-0.39, 0.29) is 5.56 Å². The van der Waals surface area contributed by atoms with E-state index in [0.717, 1.165) is 21.6 Å². The topological polar surface area (TPSA) is 57.8 Å². The summed E-state index contributed by atoms with van der Waals surface area (Å²) < 4.78 is 0.997. The first kappa shape index (κ1) is 12.5. The Morgan fingerprint density at radius 2 is 2.35 bits per heavy atom. The van der Waals surface area contributed by atoms with Gasteiger partial charge in [-0.1, -0.05) is 6.92 Å². The van der Waals surface area contributed by atoms with E-state index in [4.69, 9.17) is 0 Å². The summed E-state index contributed by atoms with van der Waals surface area (Å²) in [5.41, 5.74) is 0.641. The van der Waals surface area contributed by atoms with Crippen LogP contribution in [-0.2, 0) is 6.54 Å². The standard InChI is InChI=1S/C11H12BrN3OS/c1-2-13-5-8-4-10(16)15-11(14-8)9-3-7(12)6-17-9/h3-4,6,13H,2,5H2,1H3,(H,14,15,16). The summed E-state index contributed by atoms with van der Waals surface area (Å²) in [5, 5.41) is 5.12. The summed E-state index contributed by atoms with van der Waals surface area (Å²) in [7, 11) is 0. The normalized spacial score (nSPS) is 10.7. The highest BCUT2D eigenvalue weighted by atomic mass is 79.9. The summed E-state index contributed by atoms with van der Waals surface area (Å²) in [6.45, 7) is 3.48. The van der Waals surface area contributed by atoms with Gasteiger partial charge in [-0.15, -0.1) is 11.3 Å². The van der Waals surface area contributed by atoms with Crippen molar-refractivity contribution in [3.63, 3.8) is 0 Å². The zero-order chi connectivity index (χ0) is 12.3. The van der Waals surface area contributed by atoms with Gasteiger partial charge < -0.3 is 10.3 Å². The van der Waals surface area contributed by atoms with Crippen LogP contribution in [0, 0.1) is 0 Å². The molecule has 0 aromatic carbocycles. The predicted octanol–water partition coefficient (Wildman–Crippen LogP) is 2.37. The van der Waals surface area contributed by atoms with Gasteiger partial charge in [-0.25, -0.2) is 4.98 Å². The van der Waals surface area contributed by atoms with Crippen LogP contribution in [-0.4, -0.2) is 16.5 Å². The minimum Gasteiger partial charge on any atom is -0.311 e. The molecule has 2 heterocycles. The van der Waals surface area contributed by atoms with Crippen LogP contribution < -0.4 is 10.9 Å². The van der Waals surface area contributed by atoms with Gasteiger partial charge in [0.1, 0.15) is 0 Å². The van der Waals surface area contributed by atoms with Crippen molar-refractivity contribution in [2.75, 3.05) is 6.54 Å². The molecule has 0 unspecified atom stereocenters. The zero-order valence-electron chi connectivity index (χ0n) is 9.29. The molecule has 4 nitrogen and oxygen atoms in total. The fourth-order valence-electron chi connectivity index (χ4n) is 1.41. The molecule has 2 rings (SSSR count). The van der Waals surface area contributed by atoms with Gasteiger partial charge in [0.2, 0.25) is 0 Å². The molecule has 0 saturated carbocycles. The Hall–Kier alpha value is -0.980. The molecule has 90 valence electrons. The highest BCUT2D eigenvalue weighted by Crippen LogP contribution is 2.26. The molecule has 0 radical (unpaired) electrons.